The standard InChI is InChI=1S/C14H15Cl5N4O2S/c15-8-1-2-9(16)10(7-8)20-12(26)21-11(14(17,18)19)22-13(24)23-3-5-25-6-4-23/h1-2,7,11H,3-6H2,(H,22,24)(H2,20,21,26)/t11-/m1/s1. The fourth-order valence-electron chi connectivity index (χ4n) is 2.06. The zero-order valence-electron chi connectivity index (χ0n) is 13.2. The first-order chi connectivity index (χ1) is 12.2. The van der Waals surface area contributed by atoms with Crippen molar-refractivity contribution in [3.8, 4) is 0 Å². The number of alkyl halides is 3. The molecule has 0 spiro atoms. The van der Waals surface area contributed by atoms with Gasteiger partial charge in [-0.25, -0.2) is 4.79 Å². The van der Waals surface area contributed by atoms with E-state index in [2.05, 4.69) is 16.0 Å². The van der Waals surface area contributed by atoms with Gasteiger partial charge in [-0.15, -0.1) is 0 Å². The van der Waals surface area contributed by atoms with Gasteiger partial charge in [0.2, 0.25) is 3.79 Å². The largest absolute Gasteiger partial charge is 0.378 e. The molecule has 0 radical (unpaired) electrons. The third kappa shape index (κ3) is 6.64. The smallest absolute Gasteiger partial charge is 0.319 e. The van der Waals surface area contributed by atoms with Crippen molar-refractivity contribution in [2.45, 2.75) is 9.96 Å². The zero-order valence-corrected chi connectivity index (χ0v) is 17.8. The molecule has 1 aliphatic rings. The molecule has 26 heavy (non-hydrogen) atoms. The van der Waals surface area contributed by atoms with Gasteiger partial charge in [-0.1, -0.05) is 58.0 Å². The van der Waals surface area contributed by atoms with Gasteiger partial charge in [0.15, 0.2) is 11.3 Å². The van der Waals surface area contributed by atoms with E-state index < -0.39 is 16.0 Å². The van der Waals surface area contributed by atoms with Gasteiger partial charge in [0.25, 0.3) is 0 Å². The van der Waals surface area contributed by atoms with E-state index in [1.807, 2.05) is 0 Å². The summed E-state index contributed by atoms with van der Waals surface area (Å²) in [7, 11) is 0. The third-order valence-corrected chi connectivity index (χ3v) is 4.78. The van der Waals surface area contributed by atoms with Crippen molar-refractivity contribution >= 4 is 87.1 Å². The monoisotopic (exact) mass is 478 g/mol. The number of ether oxygens (including phenoxy) is 1. The Kier molecular flexibility index (Phi) is 8.15. The number of morpholine rings is 1. The quantitative estimate of drug-likeness (QED) is 0.347. The summed E-state index contributed by atoms with van der Waals surface area (Å²) in [5.41, 5.74) is 0.472. The van der Waals surface area contributed by atoms with Gasteiger partial charge >= 0.3 is 6.03 Å². The second-order valence-corrected chi connectivity index (χ2v) is 8.87. The number of thiocarbonyl (C=S) groups is 1. The number of carbonyl (C=O) groups is 1. The van der Waals surface area contributed by atoms with Gasteiger partial charge < -0.3 is 25.6 Å². The molecule has 1 aromatic carbocycles. The second-order valence-electron chi connectivity index (χ2n) is 5.25. The maximum atomic E-state index is 12.3. The average molecular weight is 481 g/mol. The highest BCUT2D eigenvalue weighted by atomic mass is 35.6. The lowest BCUT2D eigenvalue weighted by molar-refractivity contribution is 0.0524. The number of nitrogens with one attached hydrogen (secondary N) is 3. The maximum absolute atomic E-state index is 12.3. The summed E-state index contributed by atoms with van der Waals surface area (Å²) in [5.74, 6) is 0. The molecule has 2 rings (SSSR count). The van der Waals surface area contributed by atoms with Crippen LogP contribution in [0.1, 0.15) is 0 Å². The van der Waals surface area contributed by atoms with Crippen molar-refractivity contribution in [2.75, 3.05) is 31.6 Å². The van der Waals surface area contributed by atoms with Crippen LogP contribution in [0, 0.1) is 0 Å². The molecule has 6 nitrogen and oxygen atoms in total. The van der Waals surface area contributed by atoms with Crippen molar-refractivity contribution in [2.24, 2.45) is 0 Å². The number of anilines is 1. The lowest BCUT2D eigenvalue weighted by Gasteiger charge is -2.32. The highest BCUT2D eigenvalue weighted by Gasteiger charge is 2.36. The van der Waals surface area contributed by atoms with E-state index in [1.165, 1.54) is 0 Å². The topological polar surface area (TPSA) is 65.6 Å². The number of urea groups is 1. The molecule has 3 N–H and O–H groups in total. The fraction of sp³-hybridized carbons (Fsp3) is 0.429. The van der Waals surface area contributed by atoms with Crippen molar-refractivity contribution in [1.29, 1.82) is 0 Å². The molecule has 1 heterocycles. The molecule has 1 aliphatic heterocycles. The van der Waals surface area contributed by atoms with E-state index in [0.29, 0.717) is 42.0 Å². The average Bonchev–Trinajstić information content (AvgIpc) is 2.57. The number of rotatable bonds is 3. The van der Waals surface area contributed by atoms with Crippen molar-refractivity contribution in [3.63, 3.8) is 0 Å². The molecule has 0 unspecified atom stereocenters. The number of halogens is 5. The predicted octanol–water partition coefficient (Wildman–Crippen LogP) is 4.02. The Morgan fingerprint density at radius 2 is 1.85 bits per heavy atom. The molecule has 1 atom stereocenters. The van der Waals surface area contributed by atoms with E-state index >= 15 is 0 Å². The van der Waals surface area contributed by atoms with Gasteiger partial charge in [-0.05, 0) is 30.4 Å². The number of benzene rings is 1. The molecule has 2 amide bonds. The zero-order chi connectivity index (χ0) is 19.3. The summed E-state index contributed by atoms with van der Waals surface area (Å²) in [5, 5.41) is 9.18. The lowest BCUT2D eigenvalue weighted by atomic mass is 10.3. The Balaban J connectivity index is 2.01. The van der Waals surface area contributed by atoms with Gasteiger partial charge in [0.1, 0.15) is 0 Å². The van der Waals surface area contributed by atoms with Crippen LogP contribution >= 0.6 is 70.2 Å². The van der Waals surface area contributed by atoms with E-state index in [-0.39, 0.29) is 5.11 Å². The Morgan fingerprint density at radius 3 is 2.46 bits per heavy atom. The number of nitrogens with zero attached hydrogens (tertiary/aromatic N) is 1. The van der Waals surface area contributed by atoms with Crippen molar-refractivity contribution in [3.05, 3.63) is 28.2 Å². The van der Waals surface area contributed by atoms with Crippen LogP contribution < -0.4 is 16.0 Å². The van der Waals surface area contributed by atoms with E-state index in [1.54, 1.807) is 23.1 Å². The van der Waals surface area contributed by atoms with Gasteiger partial charge in [-0.3, -0.25) is 0 Å². The summed E-state index contributed by atoms with van der Waals surface area (Å²) >= 11 is 35.1. The summed E-state index contributed by atoms with van der Waals surface area (Å²) in [6.07, 6.45) is -1.08. The Bertz CT molecular complexity index is 667. The minimum atomic E-state index is -1.86. The maximum Gasteiger partial charge on any atom is 0.319 e. The normalized spacial score (nSPS) is 16.0. The summed E-state index contributed by atoms with van der Waals surface area (Å²) in [4.78, 5) is 13.9. The van der Waals surface area contributed by atoms with Crippen molar-refractivity contribution in [1.82, 2.24) is 15.5 Å². The van der Waals surface area contributed by atoms with Gasteiger partial charge in [-0.2, -0.15) is 0 Å². The molecule has 0 aliphatic carbocycles. The molecule has 1 fully saturated rings. The van der Waals surface area contributed by atoms with Crippen molar-refractivity contribution < 1.29 is 9.53 Å². The highest BCUT2D eigenvalue weighted by Crippen LogP contribution is 2.30. The Labute approximate surface area is 181 Å². The van der Waals surface area contributed by atoms with Crippen LogP contribution in [0.25, 0.3) is 0 Å². The van der Waals surface area contributed by atoms with Crippen LogP contribution in [0.2, 0.25) is 10.0 Å². The Hall–Kier alpha value is -0.410. The molecular weight excluding hydrogens is 466 g/mol. The molecule has 1 saturated heterocycles. The number of carbonyl (C=O) groups excluding carboxylic acids is 1. The van der Waals surface area contributed by atoms with Gasteiger partial charge in [0.05, 0.1) is 23.9 Å². The minimum absolute atomic E-state index is 0.0905. The third-order valence-electron chi connectivity index (χ3n) is 3.35. The number of hydrogen-bond acceptors (Lipinski definition) is 3. The first-order valence-electron chi connectivity index (χ1n) is 7.39. The molecule has 144 valence electrons. The molecule has 0 saturated carbocycles. The van der Waals surface area contributed by atoms with Crippen LogP contribution in [-0.2, 0) is 4.74 Å². The SMILES string of the molecule is O=C(N[C@@H](NC(=S)Nc1cc(Cl)ccc1Cl)C(Cl)(Cl)Cl)N1CCOCC1. The van der Waals surface area contributed by atoms with E-state index in [4.69, 9.17) is 75.0 Å². The fourth-order valence-corrected chi connectivity index (χ4v) is 2.96. The van der Waals surface area contributed by atoms with E-state index in [9.17, 15) is 4.79 Å². The minimum Gasteiger partial charge on any atom is -0.378 e. The first kappa shape index (κ1) is 21.9. The van der Waals surface area contributed by atoms with Crippen LogP contribution in [0.4, 0.5) is 10.5 Å². The predicted molar refractivity (Wildman–Crippen MR) is 111 cm³/mol. The lowest BCUT2D eigenvalue weighted by Crippen LogP contribution is -2.59. The highest BCUT2D eigenvalue weighted by molar-refractivity contribution is 7.80. The second kappa shape index (κ2) is 9.68. The number of hydrogen-bond donors (Lipinski definition) is 3. The molecule has 12 heteroatoms. The molecular formula is C14H15Cl5N4O2S. The van der Waals surface area contributed by atoms with Crippen LogP contribution in [0.5, 0.6) is 0 Å². The molecule has 0 aromatic heterocycles. The first-order valence-corrected chi connectivity index (χ1v) is 9.69. The summed E-state index contributed by atoms with van der Waals surface area (Å²) in [6, 6.07) is 4.44. The van der Waals surface area contributed by atoms with Crippen LogP contribution in [0.15, 0.2) is 18.2 Å². The molecule has 1 aromatic rings. The van der Waals surface area contributed by atoms with Crippen LogP contribution in [0.3, 0.4) is 0 Å². The van der Waals surface area contributed by atoms with Gasteiger partial charge in [0, 0.05) is 18.1 Å². The summed E-state index contributed by atoms with van der Waals surface area (Å²) in [6.45, 7) is 1.79. The number of amides is 2. The molecule has 0 bridgehead atoms. The van der Waals surface area contributed by atoms with E-state index in [0.717, 1.165) is 0 Å². The summed E-state index contributed by atoms with van der Waals surface area (Å²) < 4.78 is 3.35. The Morgan fingerprint density at radius 1 is 1.19 bits per heavy atom. The van der Waals surface area contributed by atoms with Crippen LogP contribution in [-0.4, -0.2) is 52.3 Å².